The molecule has 0 bridgehead atoms. The van der Waals surface area contributed by atoms with Crippen molar-refractivity contribution in [2.24, 2.45) is 0 Å². The Kier molecular flexibility index (Phi) is 3.72. The zero-order valence-corrected chi connectivity index (χ0v) is 11.3. The Bertz CT molecular complexity index is 675. The summed E-state index contributed by atoms with van der Waals surface area (Å²) in [4.78, 5) is 12.4. The lowest BCUT2D eigenvalue weighted by molar-refractivity contribution is 0.591. The van der Waals surface area contributed by atoms with Gasteiger partial charge in [-0.2, -0.15) is 25.1 Å². The van der Waals surface area contributed by atoms with Crippen LogP contribution in [0.25, 0.3) is 5.95 Å². The molecule has 0 atom stereocenters. The first-order chi connectivity index (χ1) is 10.3. The highest BCUT2D eigenvalue weighted by Crippen LogP contribution is 2.06. The summed E-state index contributed by atoms with van der Waals surface area (Å²) in [7, 11) is 0. The van der Waals surface area contributed by atoms with E-state index >= 15 is 0 Å². The van der Waals surface area contributed by atoms with Crippen molar-refractivity contribution in [1.29, 1.82) is 0 Å². The molecule has 9 nitrogen and oxygen atoms in total. The Morgan fingerprint density at radius 2 is 1.90 bits per heavy atom. The number of rotatable bonds is 6. The Balaban J connectivity index is 1.60. The van der Waals surface area contributed by atoms with Crippen LogP contribution in [0, 0.1) is 0 Å². The molecular formula is C12H15N9. The first-order valence-corrected chi connectivity index (χ1v) is 6.54. The summed E-state index contributed by atoms with van der Waals surface area (Å²) in [6.45, 7) is 1.54. The fraction of sp³-hybridized carbons (Fsp3) is 0.250. The highest BCUT2D eigenvalue weighted by atomic mass is 15.4. The van der Waals surface area contributed by atoms with Crippen LogP contribution in [0.15, 0.2) is 36.9 Å². The minimum absolute atomic E-state index is 0.157. The van der Waals surface area contributed by atoms with Gasteiger partial charge in [0.1, 0.15) is 0 Å². The van der Waals surface area contributed by atoms with Gasteiger partial charge in [0.2, 0.25) is 11.9 Å². The van der Waals surface area contributed by atoms with E-state index in [4.69, 9.17) is 5.73 Å². The lowest BCUT2D eigenvalue weighted by atomic mass is 10.4. The number of aromatic nitrogens is 7. The molecular weight excluding hydrogens is 270 g/mol. The van der Waals surface area contributed by atoms with Crippen LogP contribution in [0.5, 0.6) is 0 Å². The van der Waals surface area contributed by atoms with Gasteiger partial charge in [-0.25, -0.2) is 4.68 Å². The molecule has 0 aromatic carbocycles. The van der Waals surface area contributed by atoms with Gasteiger partial charge in [-0.15, -0.1) is 0 Å². The van der Waals surface area contributed by atoms with Crippen LogP contribution in [-0.2, 0) is 6.54 Å². The Hall–Kier alpha value is -2.97. The van der Waals surface area contributed by atoms with E-state index in [1.54, 1.807) is 24.7 Å². The SMILES string of the molecule is Nc1nc(NCCCn2cccn2)nc(-n2cccn2)n1. The number of hydrogen-bond donors (Lipinski definition) is 2. The second-order valence-corrected chi connectivity index (χ2v) is 4.32. The summed E-state index contributed by atoms with van der Waals surface area (Å²) in [6, 6.07) is 3.69. The van der Waals surface area contributed by atoms with Gasteiger partial charge in [0.25, 0.3) is 5.95 Å². The smallest absolute Gasteiger partial charge is 0.257 e. The lowest BCUT2D eigenvalue weighted by Gasteiger charge is -2.07. The molecule has 0 saturated heterocycles. The molecule has 0 spiro atoms. The summed E-state index contributed by atoms with van der Waals surface area (Å²) in [5.74, 6) is 0.987. The summed E-state index contributed by atoms with van der Waals surface area (Å²) in [5, 5.41) is 11.3. The van der Waals surface area contributed by atoms with E-state index in [0.29, 0.717) is 18.4 Å². The third-order valence-electron chi connectivity index (χ3n) is 2.76. The fourth-order valence-electron chi connectivity index (χ4n) is 1.82. The number of nitrogens with zero attached hydrogens (tertiary/aromatic N) is 7. The molecule has 3 N–H and O–H groups in total. The van der Waals surface area contributed by atoms with Crippen molar-refractivity contribution in [3.63, 3.8) is 0 Å². The highest BCUT2D eigenvalue weighted by molar-refractivity contribution is 5.34. The highest BCUT2D eigenvalue weighted by Gasteiger charge is 2.06. The molecule has 108 valence electrons. The van der Waals surface area contributed by atoms with E-state index in [0.717, 1.165) is 13.0 Å². The van der Waals surface area contributed by atoms with Gasteiger partial charge in [0.15, 0.2) is 0 Å². The van der Waals surface area contributed by atoms with E-state index in [9.17, 15) is 0 Å². The third-order valence-corrected chi connectivity index (χ3v) is 2.76. The maximum atomic E-state index is 5.69. The molecule has 21 heavy (non-hydrogen) atoms. The van der Waals surface area contributed by atoms with Crippen molar-refractivity contribution < 1.29 is 0 Å². The van der Waals surface area contributed by atoms with Crippen molar-refractivity contribution in [3.05, 3.63) is 36.9 Å². The number of nitrogens with two attached hydrogens (primary N) is 1. The Labute approximate surface area is 120 Å². The molecule has 0 aliphatic carbocycles. The predicted octanol–water partition coefficient (Wildman–Crippen LogP) is 0.338. The van der Waals surface area contributed by atoms with Gasteiger partial charge >= 0.3 is 0 Å². The third kappa shape index (κ3) is 3.32. The van der Waals surface area contributed by atoms with Crippen LogP contribution in [0.2, 0.25) is 0 Å². The van der Waals surface area contributed by atoms with Gasteiger partial charge < -0.3 is 11.1 Å². The first kappa shape index (κ1) is 13.0. The van der Waals surface area contributed by atoms with Crippen LogP contribution in [0.1, 0.15) is 6.42 Å². The van der Waals surface area contributed by atoms with Gasteiger partial charge in [0, 0.05) is 37.9 Å². The van der Waals surface area contributed by atoms with E-state index in [1.807, 2.05) is 16.9 Å². The van der Waals surface area contributed by atoms with Crippen molar-refractivity contribution in [3.8, 4) is 5.95 Å². The van der Waals surface area contributed by atoms with E-state index < -0.39 is 0 Å². The van der Waals surface area contributed by atoms with Crippen LogP contribution < -0.4 is 11.1 Å². The molecule has 3 aromatic heterocycles. The largest absolute Gasteiger partial charge is 0.368 e. The molecule has 0 aliphatic rings. The van der Waals surface area contributed by atoms with Gasteiger partial charge in [0.05, 0.1) is 0 Å². The van der Waals surface area contributed by atoms with Crippen LogP contribution >= 0.6 is 0 Å². The van der Waals surface area contributed by atoms with E-state index in [2.05, 4.69) is 30.5 Å². The Morgan fingerprint density at radius 1 is 1.05 bits per heavy atom. The molecule has 0 unspecified atom stereocenters. The average molecular weight is 285 g/mol. The van der Waals surface area contributed by atoms with Crippen molar-refractivity contribution in [2.75, 3.05) is 17.6 Å². The second kappa shape index (κ2) is 5.99. The number of hydrogen-bond acceptors (Lipinski definition) is 7. The zero-order chi connectivity index (χ0) is 14.5. The zero-order valence-electron chi connectivity index (χ0n) is 11.3. The molecule has 0 radical (unpaired) electrons. The summed E-state index contributed by atoms with van der Waals surface area (Å²) in [5.41, 5.74) is 5.69. The second-order valence-electron chi connectivity index (χ2n) is 4.32. The normalized spacial score (nSPS) is 10.7. The van der Waals surface area contributed by atoms with E-state index in [-0.39, 0.29) is 5.95 Å². The minimum atomic E-state index is 0.157. The van der Waals surface area contributed by atoms with Crippen molar-refractivity contribution in [1.82, 2.24) is 34.5 Å². The average Bonchev–Trinajstić information content (AvgIpc) is 3.16. The lowest BCUT2D eigenvalue weighted by Crippen LogP contribution is -2.13. The van der Waals surface area contributed by atoms with Crippen LogP contribution in [0.4, 0.5) is 11.9 Å². The maximum absolute atomic E-state index is 5.69. The topological polar surface area (TPSA) is 112 Å². The Morgan fingerprint density at radius 3 is 2.67 bits per heavy atom. The summed E-state index contributed by atoms with van der Waals surface area (Å²) < 4.78 is 3.41. The molecule has 0 amide bonds. The van der Waals surface area contributed by atoms with Crippen molar-refractivity contribution in [2.45, 2.75) is 13.0 Å². The van der Waals surface area contributed by atoms with Crippen LogP contribution in [0.3, 0.4) is 0 Å². The number of nitrogens with one attached hydrogen (secondary N) is 1. The number of aryl methyl sites for hydroxylation is 1. The maximum Gasteiger partial charge on any atom is 0.257 e. The monoisotopic (exact) mass is 285 g/mol. The van der Waals surface area contributed by atoms with Gasteiger partial charge in [-0.3, -0.25) is 4.68 Å². The molecule has 0 saturated carbocycles. The molecule has 9 heteroatoms. The molecule has 3 rings (SSSR count). The number of anilines is 2. The van der Waals surface area contributed by atoms with Gasteiger partial charge in [-0.1, -0.05) is 0 Å². The molecule has 3 heterocycles. The molecule has 0 fully saturated rings. The molecule has 0 aliphatic heterocycles. The van der Waals surface area contributed by atoms with E-state index in [1.165, 1.54) is 4.68 Å². The predicted molar refractivity (Wildman–Crippen MR) is 76.7 cm³/mol. The minimum Gasteiger partial charge on any atom is -0.368 e. The summed E-state index contributed by atoms with van der Waals surface area (Å²) >= 11 is 0. The first-order valence-electron chi connectivity index (χ1n) is 6.54. The number of nitrogen functional groups attached to an aromatic ring is 1. The standard InChI is InChI=1S/C12H15N9/c13-10-17-11(14-4-1-7-20-8-2-5-15-20)19-12(18-10)21-9-3-6-16-21/h2-3,5-6,8-9H,1,4,7H2,(H3,13,14,17,18,19). The fourth-order valence-corrected chi connectivity index (χ4v) is 1.82. The quantitative estimate of drug-likeness (QED) is 0.628. The van der Waals surface area contributed by atoms with Crippen LogP contribution in [-0.4, -0.2) is 41.1 Å². The summed E-state index contributed by atoms with van der Waals surface area (Å²) in [6.07, 6.45) is 7.98. The van der Waals surface area contributed by atoms with Crippen molar-refractivity contribution >= 4 is 11.9 Å². The molecule has 3 aromatic rings. The van der Waals surface area contributed by atoms with Gasteiger partial charge in [-0.05, 0) is 18.6 Å².